The summed E-state index contributed by atoms with van der Waals surface area (Å²) in [6.45, 7) is 0. The van der Waals surface area contributed by atoms with Crippen LogP contribution in [0.1, 0.15) is 0 Å². The minimum atomic E-state index is 0.578. The van der Waals surface area contributed by atoms with Gasteiger partial charge in [0.25, 0.3) is 0 Å². The normalized spacial score (nSPS) is 11.6. The number of hydrogen-bond donors (Lipinski definition) is 0. The van der Waals surface area contributed by atoms with E-state index in [4.69, 9.17) is 9.40 Å². The maximum atomic E-state index is 6.80. The van der Waals surface area contributed by atoms with E-state index in [2.05, 4.69) is 136 Å². The van der Waals surface area contributed by atoms with E-state index in [1.165, 1.54) is 27.4 Å². The number of aromatic nitrogens is 4. The van der Waals surface area contributed by atoms with Crippen LogP contribution in [0.25, 0.3) is 94.5 Å². The van der Waals surface area contributed by atoms with E-state index in [0.717, 1.165) is 55.4 Å². The highest BCUT2D eigenvalue weighted by atomic mass is 16.3. The van der Waals surface area contributed by atoms with E-state index in [1.807, 2.05) is 42.5 Å². The second kappa shape index (κ2) is 11.4. The average molecular weight is 641 g/mol. The Hall–Kier alpha value is -6.85. The van der Waals surface area contributed by atoms with Crippen molar-refractivity contribution in [3.8, 4) is 50.7 Å². The predicted molar refractivity (Wildman–Crippen MR) is 203 cm³/mol. The van der Waals surface area contributed by atoms with Crippen molar-refractivity contribution >= 4 is 43.7 Å². The Morgan fingerprint density at radius 2 is 0.980 bits per heavy atom. The topological polar surface area (TPSA) is 56.7 Å². The quantitative estimate of drug-likeness (QED) is 0.188. The van der Waals surface area contributed by atoms with Gasteiger partial charge in [-0.3, -0.25) is 0 Å². The van der Waals surface area contributed by atoms with Crippen LogP contribution in [-0.4, -0.2) is 19.5 Å². The zero-order chi connectivity index (χ0) is 33.0. The molecular weight excluding hydrogens is 613 g/mol. The van der Waals surface area contributed by atoms with Crippen LogP contribution in [0.4, 0.5) is 0 Å². The molecule has 0 radical (unpaired) electrons. The van der Waals surface area contributed by atoms with Crippen LogP contribution < -0.4 is 0 Å². The Balaban J connectivity index is 1.13. The summed E-state index contributed by atoms with van der Waals surface area (Å²) in [5.41, 5.74) is 11.3. The number of nitrogens with zero attached hydrogens (tertiary/aromatic N) is 4. The number of hydrogen-bond acceptors (Lipinski definition) is 4. The average Bonchev–Trinajstić information content (AvgIpc) is 3.74. The molecule has 5 nitrogen and oxygen atoms in total. The molecule has 0 aliphatic heterocycles. The van der Waals surface area contributed by atoms with E-state index < -0.39 is 0 Å². The molecule has 7 aromatic carbocycles. The highest BCUT2D eigenvalue weighted by molar-refractivity contribution is 6.14. The summed E-state index contributed by atoms with van der Waals surface area (Å²) < 4.78 is 9.17. The van der Waals surface area contributed by atoms with Gasteiger partial charge >= 0.3 is 0 Å². The lowest BCUT2D eigenvalue weighted by Gasteiger charge is -2.10. The molecule has 50 heavy (non-hydrogen) atoms. The molecule has 234 valence electrons. The van der Waals surface area contributed by atoms with Gasteiger partial charge in [0.15, 0.2) is 11.6 Å². The lowest BCUT2D eigenvalue weighted by atomic mass is 10.0. The fourth-order valence-corrected chi connectivity index (χ4v) is 7.23. The van der Waals surface area contributed by atoms with Gasteiger partial charge in [0, 0.05) is 38.4 Å². The summed E-state index contributed by atoms with van der Waals surface area (Å²) >= 11 is 0. The zero-order valence-corrected chi connectivity index (χ0v) is 26.9. The fourth-order valence-electron chi connectivity index (χ4n) is 7.23. The van der Waals surface area contributed by atoms with Crippen molar-refractivity contribution in [3.05, 3.63) is 170 Å². The summed E-state index contributed by atoms with van der Waals surface area (Å²) in [6, 6.07) is 57.2. The molecule has 0 spiro atoms. The standard InChI is InChI=1S/C45H28N4O/c1-3-11-29(12-4-1)30-21-24-33(25-22-30)49-40-20-8-7-15-35(40)36-26-23-32(27-41(36)49)34-16-9-17-37-38-18-10-19-39(43(38)50-42(34)37)45-47-28-46-44(48-45)31-13-5-2-6-14-31/h1-28H. The second-order valence-corrected chi connectivity index (χ2v) is 12.5. The molecule has 0 N–H and O–H groups in total. The molecule has 3 aromatic heterocycles. The molecule has 0 fully saturated rings. The van der Waals surface area contributed by atoms with Gasteiger partial charge in [-0.1, -0.05) is 133 Å². The molecule has 0 bridgehead atoms. The fraction of sp³-hybridized carbons (Fsp3) is 0. The molecule has 0 atom stereocenters. The molecule has 0 aliphatic rings. The van der Waals surface area contributed by atoms with E-state index in [1.54, 1.807) is 6.33 Å². The lowest BCUT2D eigenvalue weighted by molar-refractivity contribution is 0.670. The van der Waals surface area contributed by atoms with E-state index in [9.17, 15) is 0 Å². The number of benzene rings is 7. The minimum Gasteiger partial charge on any atom is -0.455 e. The van der Waals surface area contributed by atoms with Gasteiger partial charge in [0.2, 0.25) is 0 Å². The van der Waals surface area contributed by atoms with Crippen molar-refractivity contribution in [1.29, 1.82) is 0 Å². The van der Waals surface area contributed by atoms with Crippen molar-refractivity contribution < 1.29 is 4.42 Å². The van der Waals surface area contributed by atoms with Crippen LogP contribution in [0.15, 0.2) is 175 Å². The van der Waals surface area contributed by atoms with Crippen LogP contribution >= 0.6 is 0 Å². The van der Waals surface area contributed by atoms with Gasteiger partial charge < -0.3 is 8.98 Å². The molecule has 10 rings (SSSR count). The van der Waals surface area contributed by atoms with Crippen LogP contribution in [0.3, 0.4) is 0 Å². The summed E-state index contributed by atoms with van der Waals surface area (Å²) in [5.74, 6) is 1.21. The van der Waals surface area contributed by atoms with Gasteiger partial charge in [0.05, 0.1) is 16.6 Å². The Labute approximate surface area is 287 Å². The minimum absolute atomic E-state index is 0.578. The third-order valence-electron chi connectivity index (χ3n) is 9.59. The predicted octanol–water partition coefficient (Wildman–Crippen LogP) is 11.5. The van der Waals surface area contributed by atoms with Crippen LogP contribution in [0.2, 0.25) is 0 Å². The Morgan fingerprint density at radius 3 is 1.76 bits per heavy atom. The molecule has 0 amide bonds. The maximum absolute atomic E-state index is 6.80. The van der Waals surface area contributed by atoms with E-state index in [0.29, 0.717) is 11.6 Å². The van der Waals surface area contributed by atoms with Gasteiger partial charge in [0.1, 0.15) is 17.5 Å². The summed E-state index contributed by atoms with van der Waals surface area (Å²) in [7, 11) is 0. The molecule has 3 heterocycles. The van der Waals surface area contributed by atoms with Crippen molar-refractivity contribution in [3.63, 3.8) is 0 Å². The van der Waals surface area contributed by atoms with Crippen molar-refractivity contribution in [2.24, 2.45) is 0 Å². The molecule has 0 saturated carbocycles. The summed E-state index contributed by atoms with van der Waals surface area (Å²) in [5, 5.41) is 4.50. The lowest BCUT2D eigenvalue weighted by Crippen LogP contribution is -1.95. The number of furan rings is 1. The van der Waals surface area contributed by atoms with Gasteiger partial charge in [-0.25, -0.2) is 15.0 Å². The van der Waals surface area contributed by atoms with Gasteiger partial charge in [-0.2, -0.15) is 0 Å². The maximum Gasteiger partial charge on any atom is 0.167 e. The number of para-hydroxylation sites is 3. The second-order valence-electron chi connectivity index (χ2n) is 12.5. The van der Waals surface area contributed by atoms with Crippen LogP contribution in [0.5, 0.6) is 0 Å². The first-order valence-electron chi connectivity index (χ1n) is 16.7. The zero-order valence-electron chi connectivity index (χ0n) is 26.9. The molecule has 0 unspecified atom stereocenters. The number of fused-ring (bicyclic) bond motifs is 6. The highest BCUT2D eigenvalue weighted by Gasteiger charge is 2.19. The third-order valence-corrected chi connectivity index (χ3v) is 9.59. The van der Waals surface area contributed by atoms with Gasteiger partial charge in [-0.15, -0.1) is 0 Å². The Bertz CT molecular complexity index is 2850. The van der Waals surface area contributed by atoms with Crippen molar-refractivity contribution in [2.45, 2.75) is 0 Å². The Morgan fingerprint density at radius 1 is 0.400 bits per heavy atom. The molecule has 5 heteroatoms. The molecule has 0 saturated heterocycles. The number of rotatable bonds is 5. The smallest absolute Gasteiger partial charge is 0.167 e. The SMILES string of the molecule is c1ccc(-c2ccc(-n3c4ccccc4c4ccc(-c5cccc6c5oc5c(-c7ncnc(-c8ccccc8)n7)cccc56)cc43)cc2)cc1. The van der Waals surface area contributed by atoms with Crippen molar-refractivity contribution in [2.75, 3.05) is 0 Å². The van der Waals surface area contributed by atoms with E-state index >= 15 is 0 Å². The Kier molecular flexibility index (Phi) is 6.42. The first kappa shape index (κ1) is 28.2. The molecular formula is C45H28N4O. The highest BCUT2D eigenvalue weighted by Crippen LogP contribution is 2.41. The monoisotopic (exact) mass is 640 g/mol. The van der Waals surface area contributed by atoms with Gasteiger partial charge in [-0.05, 0) is 47.0 Å². The van der Waals surface area contributed by atoms with E-state index in [-0.39, 0.29) is 0 Å². The van der Waals surface area contributed by atoms with Crippen molar-refractivity contribution in [1.82, 2.24) is 19.5 Å². The molecule has 0 aliphatic carbocycles. The first-order chi connectivity index (χ1) is 24.8. The summed E-state index contributed by atoms with van der Waals surface area (Å²) in [4.78, 5) is 13.9. The third kappa shape index (κ3) is 4.52. The van der Waals surface area contributed by atoms with Crippen LogP contribution in [-0.2, 0) is 0 Å². The summed E-state index contributed by atoms with van der Waals surface area (Å²) in [6.07, 6.45) is 1.57. The molecule has 10 aromatic rings. The van der Waals surface area contributed by atoms with Crippen LogP contribution in [0, 0.1) is 0 Å². The largest absolute Gasteiger partial charge is 0.455 e. The first-order valence-corrected chi connectivity index (χ1v) is 16.7.